The van der Waals surface area contributed by atoms with E-state index < -0.39 is 0 Å². The molecule has 1 aliphatic heterocycles. The highest BCUT2D eigenvalue weighted by Gasteiger charge is 2.33. The lowest BCUT2D eigenvalue weighted by atomic mass is 10.0. The van der Waals surface area contributed by atoms with Gasteiger partial charge in [0.1, 0.15) is 0 Å². The van der Waals surface area contributed by atoms with Gasteiger partial charge in [-0.2, -0.15) is 0 Å². The van der Waals surface area contributed by atoms with E-state index in [0.717, 1.165) is 36.2 Å². The van der Waals surface area contributed by atoms with Crippen molar-refractivity contribution >= 4 is 22.1 Å². The summed E-state index contributed by atoms with van der Waals surface area (Å²) in [4.78, 5) is 8.06. The molecule has 0 saturated carbocycles. The van der Waals surface area contributed by atoms with Crippen LogP contribution in [0.5, 0.6) is 0 Å². The van der Waals surface area contributed by atoms with E-state index >= 15 is 0 Å². The lowest BCUT2D eigenvalue weighted by molar-refractivity contribution is 0.0638. The predicted molar refractivity (Wildman–Crippen MR) is 73.2 cm³/mol. The first kappa shape index (κ1) is 12.0. The van der Waals surface area contributed by atoms with Crippen molar-refractivity contribution in [2.24, 2.45) is 5.73 Å². The Labute approximate surface area is 110 Å². The van der Waals surface area contributed by atoms with Gasteiger partial charge in [0.15, 0.2) is 10.8 Å². The summed E-state index contributed by atoms with van der Waals surface area (Å²) in [6, 6.07) is 0. The Morgan fingerprint density at radius 3 is 3.11 bits per heavy atom. The molecule has 0 bridgehead atoms. The van der Waals surface area contributed by atoms with Crippen molar-refractivity contribution in [3.63, 3.8) is 0 Å². The first-order valence-electron chi connectivity index (χ1n) is 6.13. The highest BCUT2D eigenvalue weighted by molar-refractivity contribution is 7.15. The number of ether oxygens (including phenoxy) is 1. The third kappa shape index (κ3) is 1.72. The number of imidazole rings is 1. The minimum absolute atomic E-state index is 0.0355. The molecular weight excluding hydrogens is 248 g/mol. The summed E-state index contributed by atoms with van der Waals surface area (Å²) in [5.41, 5.74) is 6.95. The summed E-state index contributed by atoms with van der Waals surface area (Å²) < 4.78 is 7.65. The van der Waals surface area contributed by atoms with Gasteiger partial charge in [-0.05, 0) is 13.8 Å². The Bertz CT molecular complexity index is 559. The van der Waals surface area contributed by atoms with Crippen molar-refractivity contribution in [2.75, 3.05) is 24.7 Å². The van der Waals surface area contributed by atoms with E-state index in [1.807, 2.05) is 11.6 Å². The summed E-state index contributed by atoms with van der Waals surface area (Å²) in [7, 11) is 0. The average Bonchev–Trinajstić information content (AvgIpc) is 2.87. The maximum absolute atomic E-state index is 5.90. The molecule has 1 fully saturated rings. The lowest BCUT2D eigenvalue weighted by Gasteiger charge is -2.42. The van der Waals surface area contributed by atoms with Crippen molar-refractivity contribution in [3.8, 4) is 0 Å². The van der Waals surface area contributed by atoms with Crippen LogP contribution >= 0.6 is 11.3 Å². The van der Waals surface area contributed by atoms with E-state index in [2.05, 4.69) is 23.1 Å². The van der Waals surface area contributed by atoms with Gasteiger partial charge in [0.05, 0.1) is 24.4 Å². The fraction of sp³-hybridized carbons (Fsp3) is 0.583. The van der Waals surface area contributed by atoms with Crippen molar-refractivity contribution in [3.05, 3.63) is 17.3 Å². The van der Waals surface area contributed by atoms with Crippen LogP contribution in [0.2, 0.25) is 0 Å². The van der Waals surface area contributed by atoms with Gasteiger partial charge in [-0.1, -0.05) is 0 Å². The van der Waals surface area contributed by atoms with Crippen LogP contribution in [0.4, 0.5) is 5.82 Å². The van der Waals surface area contributed by atoms with Crippen molar-refractivity contribution < 1.29 is 4.74 Å². The smallest absolute Gasteiger partial charge is 0.195 e. The van der Waals surface area contributed by atoms with Gasteiger partial charge in [0.25, 0.3) is 0 Å². The number of anilines is 1. The van der Waals surface area contributed by atoms with E-state index in [1.165, 1.54) is 0 Å². The SMILES string of the molecule is CC1(C)COCCN1c1nc2sccn2c1CN. The lowest BCUT2D eigenvalue weighted by Crippen LogP contribution is -2.53. The topological polar surface area (TPSA) is 55.8 Å². The van der Waals surface area contributed by atoms with Crippen LogP contribution in [-0.4, -0.2) is 34.7 Å². The molecule has 5 nitrogen and oxygen atoms in total. The molecule has 2 N–H and O–H groups in total. The number of rotatable bonds is 2. The fourth-order valence-corrected chi connectivity index (χ4v) is 3.21. The Kier molecular flexibility index (Phi) is 2.80. The van der Waals surface area contributed by atoms with Crippen molar-refractivity contribution in [1.82, 2.24) is 9.38 Å². The standard InChI is InChI=1S/C12H18N4OS/c1-12(2)8-17-5-3-16(12)10-9(7-13)15-4-6-18-11(15)14-10/h4,6H,3,5,7-8,13H2,1-2H3. The predicted octanol–water partition coefficient (Wildman–Crippen LogP) is 1.47. The number of aromatic nitrogens is 2. The molecule has 3 heterocycles. The van der Waals surface area contributed by atoms with E-state index in [-0.39, 0.29) is 5.54 Å². The second-order valence-electron chi connectivity index (χ2n) is 5.16. The minimum atomic E-state index is -0.0355. The van der Waals surface area contributed by atoms with E-state index in [9.17, 15) is 0 Å². The molecule has 0 radical (unpaired) electrons. The quantitative estimate of drug-likeness (QED) is 0.894. The molecule has 2 aromatic heterocycles. The molecule has 18 heavy (non-hydrogen) atoms. The van der Waals surface area contributed by atoms with Gasteiger partial charge >= 0.3 is 0 Å². The summed E-state index contributed by atoms with van der Waals surface area (Å²) >= 11 is 1.64. The first-order valence-corrected chi connectivity index (χ1v) is 7.01. The summed E-state index contributed by atoms with van der Waals surface area (Å²) in [5, 5.41) is 2.04. The first-order chi connectivity index (χ1) is 8.63. The highest BCUT2D eigenvalue weighted by Crippen LogP contribution is 2.31. The molecular formula is C12H18N4OS. The summed E-state index contributed by atoms with van der Waals surface area (Å²) in [6.45, 7) is 7.20. The maximum Gasteiger partial charge on any atom is 0.195 e. The van der Waals surface area contributed by atoms with Gasteiger partial charge in [0, 0.05) is 24.7 Å². The zero-order valence-electron chi connectivity index (χ0n) is 10.7. The number of morpholine rings is 1. The number of hydrogen-bond acceptors (Lipinski definition) is 5. The Morgan fingerprint density at radius 1 is 1.56 bits per heavy atom. The minimum Gasteiger partial charge on any atom is -0.377 e. The highest BCUT2D eigenvalue weighted by atomic mass is 32.1. The van der Waals surface area contributed by atoms with Crippen LogP contribution in [0.25, 0.3) is 4.96 Å². The van der Waals surface area contributed by atoms with Gasteiger partial charge in [-0.25, -0.2) is 4.98 Å². The number of fused-ring (bicyclic) bond motifs is 1. The molecule has 1 saturated heterocycles. The van der Waals surface area contributed by atoms with Crippen LogP contribution in [0.1, 0.15) is 19.5 Å². The fourth-order valence-electron chi connectivity index (χ4n) is 2.48. The van der Waals surface area contributed by atoms with Gasteiger partial charge < -0.3 is 15.4 Å². The Morgan fingerprint density at radius 2 is 2.39 bits per heavy atom. The molecule has 0 aliphatic carbocycles. The monoisotopic (exact) mass is 266 g/mol. The van der Waals surface area contributed by atoms with Gasteiger partial charge in [0.2, 0.25) is 0 Å². The van der Waals surface area contributed by atoms with Crippen LogP contribution in [0, 0.1) is 0 Å². The third-order valence-electron chi connectivity index (χ3n) is 3.43. The van der Waals surface area contributed by atoms with E-state index in [4.69, 9.17) is 15.5 Å². The van der Waals surface area contributed by atoms with Crippen LogP contribution in [0.3, 0.4) is 0 Å². The normalized spacial score (nSPS) is 19.6. The van der Waals surface area contributed by atoms with Crippen LogP contribution in [-0.2, 0) is 11.3 Å². The molecule has 0 spiro atoms. The molecule has 1 aliphatic rings. The number of thiazole rings is 1. The average molecular weight is 266 g/mol. The number of nitrogens with zero attached hydrogens (tertiary/aromatic N) is 3. The summed E-state index contributed by atoms with van der Waals surface area (Å²) in [5.74, 6) is 1.01. The zero-order valence-corrected chi connectivity index (χ0v) is 11.5. The Balaban J connectivity index is 2.09. The molecule has 0 atom stereocenters. The second kappa shape index (κ2) is 4.22. The molecule has 3 rings (SSSR count). The molecule has 0 amide bonds. The zero-order chi connectivity index (χ0) is 12.8. The Hall–Kier alpha value is -1.11. The van der Waals surface area contributed by atoms with Gasteiger partial charge in [-0.15, -0.1) is 11.3 Å². The third-order valence-corrected chi connectivity index (χ3v) is 4.19. The van der Waals surface area contributed by atoms with Gasteiger partial charge in [-0.3, -0.25) is 4.40 Å². The largest absolute Gasteiger partial charge is 0.377 e. The van der Waals surface area contributed by atoms with Crippen molar-refractivity contribution in [1.29, 1.82) is 0 Å². The van der Waals surface area contributed by atoms with E-state index in [0.29, 0.717) is 6.54 Å². The van der Waals surface area contributed by atoms with Crippen LogP contribution in [0.15, 0.2) is 11.6 Å². The molecule has 2 aromatic rings. The van der Waals surface area contributed by atoms with Crippen LogP contribution < -0.4 is 10.6 Å². The number of hydrogen-bond donors (Lipinski definition) is 1. The second-order valence-corrected chi connectivity index (χ2v) is 6.03. The molecule has 98 valence electrons. The maximum atomic E-state index is 5.90. The molecule has 0 aromatic carbocycles. The van der Waals surface area contributed by atoms with Crippen molar-refractivity contribution in [2.45, 2.75) is 25.9 Å². The summed E-state index contributed by atoms with van der Waals surface area (Å²) in [6.07, 6.45) is 2.03. The molecule has 0 unspecified atom stereocenters. The molecule has 6 heteroatoms. The van der Waals surface area contributed by atoms with E-state index in [1.54, 1.807) is 11.3 Å². The number of nitrogens with two attached hydrogens (primary N) is 1.